The van der Waals surface area contributed by atoms with Crippen LogP contribution in [0.3, 0.4) is 0 Å². The SMILES string of the molecule is CC/C=C\C/C=C\C/C=C\C/C=C\C/C=C\CCCCCCCCCCCC(=O)NC(COC1OC(CO)C(O)C(O)C1O)C(O)CCCCCCCCCCCCCCCCCCCC. The van der Waals surface area contributed by atoms with Crippen LogP contribution < -0.4 is 5.32 Å². The van der Waals surface area contributed by atoms with E-state index in [4.69, 9.17) is 9.47 Å². The molecule has 1 saturated heterocycles. The second-order valence-corrected chi connectivity index (χ2v) is 19.0. The Morgan fingerprint density at radius 2 is 0.939 bits per heavy atom. The fraction of sp³-hybridized carbons (Fsp3) is 0.807. The largest absolute Gasteiger partial charge is 0.394 e. The fourth-order valence-corrected chi connectivity index (χ4v) is 8.54. The van der Waals surface area contributed by atoms with Crippen LogP contribution in [0.25, 0.3) is 0 Å². The molecule has 0 aromatic carbocycles. The van der Waals surface area contributed by atoms with Crippen LogP contribution in [0.4, 0.5) is 0 Å². The Hall–Kier alpha value is -2.11. The molecule has 0 aromatic rings. The summed E-state index contributed by atoms with van der Waals surface area (Å²) in [6.45, 7) is 3.73. The first-order valence-electron chi connectivity index (χ1n) is 27.5. The van der Waals surface area contributed by atoms with Crippen molar-refractivity contribution in [3.8, 4) is 0 Å². The van der Waals surface area contributed by atoms with Gasteiger partial charge in [0, 0.05) is 6.42 Å². The molecular weight excluding hydrogens is 827 g/mol. The number of carbonyl (C=O) groups excluding carboxylic acids is 1. The second-order valence-electron chi connectivity index (χ2n) is 19.0. The maximum Gasteiger partial charge on any atom is 0.220 e. The number of aliphatic hydroxyl groups is 5. The van der Waals surface area contributed by atoms with Gasteiger partial charge in [0.1, 0.15) is 24.4 Å². The molecule has 0 bridgehead atoms. The molecule has 0 radical (unpaired) electrons. The normalized spacial score (nSPS) is 20.3. The van der Waals surface area contributed by atoms with Crippen LogP contribution in [0.15, 0.2) is 60.8 Å². The Balaban J connectivity index is 2.24. The average molecular weight is 930 g/mol. The highest BCUT2D eigenvalue weighted by Crippen LogP contribution is 2.23. The van der Waals surface area contributed by atoms with Crippen molar-refractivity contribution in [3.05, 3.63) is 60.8 Å². The lowest BCUT2D eigenvalue weighted by molar-refractivity contribution is -0.302. The Bertz CT molecular complexity index is 1220. The zero-order valence-corrected chi connectivity index (χ0v) is 42.4. The quantitative estimate of drug-likeness (QED) is 0.0261. The summed E-state index contributed by atoms with van der Waals surface area (Å²) >= 11 is 0. The number of rotatable bonds is 46. The minimum Gasteiger partial charge on any atom is -0.394 e. The van der Waals surface area contributed by atoms with E-state index in [1.165, 1.54) is 135 Å². The number of nitrogens with one attached hydrogen (secondary N) is 1. The van der Waals surface area contributed by atoms with Gasteiger partial charge in [0.25, 0.3) is 0 Å². The standard InChI is InChI=1S/C57H103NO8/c1-3-5-7-9-11-13-15-17-19-21-23-24-25-26-27-28-29-31-33-35-37-39-41-43-45-47-53(61)58-50(49-65-57-56(64)55(63)54(62)52(48-59)66-57)51(60)46-44-42-40-38-36-34-32-30-22-20-18-16-14-12-10-8-6-4-2/h5,7,11,13,17,19,23-24,26-27,50-52,54-57,59-60,62-64H,3-4,6,8-10,12,14-16,18,20-22,25,28-49H2,1-2H3,(H,58,61)/b7-5-,13-11-,19-17-,24-23-,27-26-. The molecule has 0 aromatic heterocycles. The molecule has 7 atom stereocenters. The van der Waals surface area contributed by atoms with Crippen LogP contribution in [-0.4, -0.2) is 87.5 Å². The summed E-state index contributed by atoms with van der Waals surface area (Å²) in [5, 5.41) is 54.6. The van der Waals surface area contributed by atoms with E-state index >= 15 is 0 Å². The number of hydrogen-bond acceptors (Lipinski definition) is 8. The van der Waals surface area contributed by atoms with Crippen LogP contribution in [0.1, 0.15) is 239 Å². The van der Waals surface area contributed by atoms with Crippen molar-refractivity contribution < 1.29 is 39.8 Å². The molecule has 7 unspecified atom stereocenters. The van der Waals surface area contributed by atoms with E-state index in [-0.39, 0.29) is 12.5 Å². The van der Waals surface area contributed by atoms with E-state index in [0.29, 0.717) is 12.8 Å². The predicted molar refractivity (Wildman–Crippen MR) is 276 cm³/mol. The first-order valence-corrected chi connectivity index (χ1v) is 27.5. The molecule has 1 heterocycles. The van der Waals surface area contributed by atoms with Gasteiger partial charge in [-0.25, -0.2) is 0 Å². The molecular formula is C57H103NO8. The van der Waals surface area contributed by atoms with Gasteiger partial charge in [-0.1, -0.05) is 235 Å². The Kier molecular flexibility index (Phi) is 43.7. The summed E-state index contributed by atoms with van der Waals surface area (Å²) in [6, 6.07) is -0.725. The van der Waals surface area contributed by atoms with Gasteiger partial charge in [-0.3, -0.25) is 4.79 Å². The molecule has 0 aliphatic carbocycles. The van der Waals surface area contributed by atoms with E-state index in [1.54, 1.807) is 0 Å². The summed E-state index contributed by atoms with van der Waals surface area (Å²) in [5.41, 5.74) is 0. The van der Waals surface area contributed by atoms with Crippen molar-refractivity contribution in [1.29, 1.82) is 0 Å². The third-order valence-corrected chi connectivity index (χ3v) is 12.9. The zero-order chi connectivity index (χ0) is 48.0. The molecule has 1 aliphatic rings. The Morgan fingerprint density at radius 1 is 0.530 bits per heavy atom. The summed E-state index contributed by atoms with van der Waals surface area (Å²) in [7, 11) is 0. The van der Waals surface area contributed by atoms with E-state index < -0.39 is 49.5 Å². The molecule has 0 saturated carbocycles. The van der Waals surface area contributed by atoms with E-state index in [1.807, 2.05) is 0 Å². The van der Waals surface area contributed by atoms with Gasteiger partial charge in [-0.05, 0) is 57.8 Å². The van der Waals surface area contributed by atoms with Gasteiger partial charge >= 0.3 is 0 Å². The Labute approximate surface area is 405 Å². The van der Waals surface area contributed by atoms with Crippen molar-refractivity contribution in [2.45, 2.75) is 281 Å². The number of hydrogen-bond donors (Lipinski definition) is 6. The number of allylic oxidation sites excluding steroid dienone is 10. The van der Waals surface area contributed by atoms with Gasteiger partial charge in [0.2, 0.25) is 5.91 Å². The number of ether oxygens (including phenoxy) is 2. The summed E-state index contributed by atoms with van der Waals surface area (Å²) in [5.74, 6) is -0.151. The lowest BCUT2D eigenvalue weighted by Crippen LogP contribution is -2.60. The first-order chi connectivity index (χ1) is 32.3. The van der Waals surface area contributed by atoms with Crippen molar-refractivity contribution in [3.63, 3.8) is 0 Å². The van der Waals surface area contributed by atoms with Gasteiger partial charge < -0.3 is 40.3 Å². The van der Waals surface area contributed by atoms with Crippen LogP contribution in [-0.2, 0) is 14.3 Å². The molecule has 6 N–H and O–H groups in total. The third kappa shape index (κ3) is 36.0. The average Bonchev–Trinajstić information content (AvgIpc) is 3.32. The summed E-state index contributed by atoms with van der Waals surface area (Å²) in [4.78, 5) is 13.1. The van der Waals surface area contributed by atoms with E-state index in [9.17, 15) is 30.3 Å². The minimum absolute atomic E-state index is 0.142. The van der Waals surface area contributed by atoms with Crippen molar-refractivity contribution in [2.75, 3.05) is 13.2 Å². The molecule has 9 heteroatoms. The number of unbranched alkanes of at least 4 members (excludes halogenated alkanes) is 26. The third-order valence-electron chi connectivity index (χ3n) is 12.9. The molecule has 0 spiro atoms. The Morgan fingerprint density at radius 3 is 1.39 bits per heavy atom. The lowest BCUT2D eigenvalue weighted by atomic mass is 9.99. The van der Waals surface area contributed by atoms with Crippen LogP contribution in [0, 0.1) is 0 Å². The monoisotopic (exact) mass is 930 g/mol. The van der Waals surface area contributed by atoms with Crippen LogP contribution in [0.2, 0.25) is 0 Å². The van der Waals surface area contributed by atoms with Crippen molar-refractivity contribution >= 4 is 5.91 Å². The molecule has 1 aliphatic heterocycles. The topological polar surface area (TPSA) is 149 Å². The zero-order valence-electron chi connectivity index (χ0n) is 42.4. The highest BCUT2D eigenvalue weighted by Gasteiger charge is 2.44. The van der Waals surface area contributed by atoms with Crippen molar-refractivity contribution in [1.82, 2.24) is 5.32 Å². The summed E-state index contributed by atoms with van der Waals surface area (Å²) in [6.07, 6.45) is 55.2. The molecule has 66 heavy (non-hydrogen) atoms. The molecule has 1 rings (SSSR count). The second kappa shape index (κ2) is 46.6. The number of carbonyl (C=O) groups is 1. The molecule has 384 valence electrons. The minimum atomic E-state index is -1.56. The lowest BCUT2D eigenvalue weighted by Gasteiger charge is -2.40. The van der Waals surface area contributed by atoms with Crippen LogP contribution in [0.5, 0.6) is 0 Å². The molecule has 9 nitrogen and oxygen atoms in total. The van der Waals surface area contributed by atoms with Gasteiger partial charge in [-0.2, -0.15) is 0 Å². The number of aliphatic hydroxyl groups excluding tert-OH is 5. The van der Waals surface area contributed by atoms with Gasteiger partial charge in [0.15, 0.2) is 6.29 Å². The maximum absolute atomic E-state index is 13.1. The smallest absolute Gasteiger partial charge is 0.220 e. The van der Waals surface area contributed by atoms with Crippen molar-refractivity contribution in [2.24, 2.45) is 0 Å². The maximum atomic E-state index is 13.1. The first kappa shape index (κ1) is 61.9. The molecule has 1 amide bonds. The number of amides is 1. The highest BCUT2D eigenvalue weighted by molar-refractivity contribution is 5.76. The summed E-state index contributed by atoms with van der Waals surface area (Å²) < 4.78 is 11.3. The molecule has 1 fully saturated rings. The fourth-order valence-electron chi connectivity index (χ4n) is 8.54. The predicted octanol–water partition coefficient (Wildman–Crippen LogP) is 13.1. The van der Waals surface area contributed by atoms with E-state index in [0.717, 1.165) is 77.0 Å². The van der Waals surface area contributed by atoms with Crippen LogP contribution >= 0.6 is 0 Å². The van der Waals surface area contributed by atoms with E-state index in [2.05, 4.69) is 79.9 Å². The highest BCUT2D eigenvalue weighted by atomic mass is 16.7. The van der Waals surface area contributed by atoms with Gasteiger partial charge in [-0.15, -0.1) is 0 Å². The van der Waals surface area contributed by atoms with Gasteiger partial charge in [0.05, 0.1) is 25.4 Å².